The van der Waals surface area contributed by atoms with E-state index in [4.69, 9.17) is 14.4 Å². The van der Waals surface area contributed by atoms with Crippen molar-refractivity contribution in [3.63, 3.8) is 0 Å². The summed E-state index contributed by atoms with van der Waals surface area (Å²) in [7, 11) is 0. The second-order valence-corrected chi connectivity index (χ2v) is 11.0. The van der Waals surface area contributed by atoms with Crippen LogP contribution < -0.4 is 0 Å². The van der Waals surface area contributed by atoms with E-state index in [9.17, 15) is 0 Å². The Labute approximate surface area is 253 Å². The van der Waals surface area contributed by atoms with Crippen LogP contribution in [0.3, 0.4) is 0 Å². The molecule has 0 aliphatic rings. The number of benzene rings is 6. The molecule has 44 heavy (non-hydrogen) atoms. The van der Waals surface area contributed by atoms with Crippen LogP contribution >= 0.6 is 0 Å². The summed E-state index contributed by atoms with van der Waals surface area (Å²) in [6.07, 6.45) is 0. The maximum Gasteiger partial charge on any atom is 0.160 e. The van der Waals surface area contributed by atoms with E-state index in [-0.39, 0.29) is 0 Å². The quantitative estimate of drug-likeness (QED) is 0.214. The molecule has 9 rings (SSSR count). The molecule has 0 saturated carbocycles. The lowest BCUT2D eigenvalue weighted by molar-refractivity contribution is 0.671. The number of rotatable bonds is 4. The lowest BCUT2D eigenvalue weighted by atomic mass is 10.0. The monoisotopic (exact) mass is 563 g/mol. The maximum atomic E-state index is 6.68. The molecule has 0 bridgehead atoms. The lowest BCUT2D eigenvalue weighted by Crippen LogP contribution is -2.06. The van der Waals surface area contributed by atoms with Gasteiger partial charge in [0, 0.05) is 38.2 Å². The number of para-hydroxylation sites is 2. The van der Waals surface area contributed by atoms with Crippen molar-refractivity contribution < 1.29 is 4.42 Å². The van der Waals surface area contributed by atoms with Gasteiger partial charge in [0.1, 0.15) is 5.58 Å². The Morgan fingerprint density at radius 2 is 0.955 bits per heavy atom. The fourth-order valence-electron chi connectivity index (χ4n) is 6.44. The third kappa shape index (κ3) is 3.71. The first-order valence-corrected chi connectivity index (χ1v) is 14.8. The summed E-state index contributed by atoms with van der Waals surface area (Å²) in [4.78, 5) is 10.7. The molecule has 3 aromatic heterocycles. The van der Waals surface area contributed by atoms with Gasteiger partial charge in [0.05, 0.1) is 28.1 Å². The molecular weight excluding hydrogens is 538 g/mol. The average Bonchev–Trinajstić information content (AvgIpc) is 3.65. The Hall–Kier alpha value is -6.00. The molecule has 0 unspecified atom stereocenters. The van der Waals surface area contributed by atoms with Crippen molar-refractivity contribution in [2.45, 2.75) is 0 Å². The summed E-state index contributed by atoms with van der Waals surface area (Å²) >= 11 is 0. The van der Waals surface area contributed by atoms with Gasteiger partial charge in [-0.05, 0) is 18.2 Å². The Kier molecular flexibility index (Phi) is 5.47. The van der Waals surface area contributed by atoms with Crippen LogP contribution in [0.25, 0.3) is 83.3 Å². The molecule has 0 radical (unpaired) electrons. The number of nitrogens with zero attached hydrogens (tertiary/aromatic N) is 3. The van der Waals surface area contributed by atoms with Crippen molar-refractivity contribution in [1.29, 1.82) is 0 Å². The Bertz CT molecular complexity index is 2420. The molecule has 0 atom stereocenters. The van der Waals surface area contributed by atoms with E-state index < -0.39 is 0 Å². The summed E-state index contributed by atoms with van der Waals surface area (Å²) in [5.41, 5.74) is 9.42. The minimum Gasteiger partial charge on any atom is -0.454 e. The van der Waals surface area contributed by atoms with Gasteiger partial charge in [-0.3, -0.25) is 0 Å². The van der Waals surface area contributed by atoms with Crippen LogP contribution in [0.4, 0.5) is 0 Å². The smallest absolute Gasteiger partial charge is 0.160 e. The number of hydrogen-bond donors (Lipinski definition) is 0. The van der Waals surface area contributed by atoms with E-state index in [1.165, 1.54) is 0 Å². The van der Waals surface area contributed by atoms with Crippen LogP contribution in [0, 0.1) is 0 Å². The van der Waals surface area contributed by atoms with Crippen molar-refractivity contribution in [3.05, 3.63) is 152 Å². The molecule has 0 aliphatic heterocycles. The lowest BCUT2D eigenvalue weighted by Gasteiger charge is -2.19. The van der Waals surface area contributed by atoms with Crippen molar-refractivity contribution in [2.24, 2.45) is 0 Å². The minimum atomic E-state index is 0.682. The van der Waals surface area contributed by atoms with Gasteiger partial charge in [0.2, 0.25) is 0 Å². The molecule has 0 saturated heterocycles. The van der Waals surface area contributed by atoms with Crippen molar-refractivity contribution in [1.82, 2.24) is 14.5 Å². The van der Waals surface area contributed by atoms with E-state index in [0.29, 0.717) is 5.82 Å². The molecule has 0 N–H and O–H groups in total. The van der Waals surface area contributed by atoms with Gasteiger partial charge in [-0.15, -0.1) is 0 Å². The third-order valence-electron chi connectivity index (χ3n) is 8.41. The normalized spacial score (nSPS) is 11.6. The molecule has 0 spiro atoms. The van der Waals surface area contributed by atoms with E-state index in [1.807, 2.05) is 42.5 Å². The molecule has 3 heterocycles. The highest BCUT2D eigenvalue weighted by molar-refractivity contribution is 6.22. The number of fused-ring (bicyclic) bond motifs is 7. The second-order valence-electron chi connectivity index (χ2n) is 11.0. The van der Waals surface area contributed by atoms with Crippen LogP contribution in [0.5, 0.6) is 0 Å². The SMILES string of the molecule is c1ccc(-c2nc(-c3ccccc3)c(-n3c4ccccc4c4ccc5c6ccccc6oc5c43)c(-c3ccccc3)n2)cc1. The predicted octanol–water partition coefficient (Wildman–Crippen LogP) is 10.5. The van der Waals surface area contributed by atoms with Gasteiger partial charge in [-0.1, -0.05) is 133 Å². The zero-order chi connectivity index (χ0) is 29.0. The van der Waals surface area contributed by atoms with E-state index in [1.54, 1.807) is 0 Å². The third-order valence-corrected chi connectivity index (χ3v) is 8.41. The van der Waals surface area contributed by atoms with Crippen LogP contribution in [0.1, 0.15) is 0 Å². The van der Waals surface area contributed by atoms with Crippen LogP contribution in [0.2, 0.25) is 0 Å². The summed E-state index contributed by atoms with van der Waals surface area (Å²) < 4.78 is 9.01. The summed E-state index contributed by atoms with van der Waals surface area (Å²) in [5.74, 6) is 0.682. The highest BCUT2D eigenvalue weighted by atomic mass is 16.3. The zero-order valence-electron chi connectivity index (χ0n) is 23.7. The van der Waals surface area contributed by atoms with Crippen LogP contribution in [-0.2, 0) is 0 Å². The zero-order valence-corrected chi connectivity index (χ0v) is 23.7. The largest absolute Gasteiger partial charge is 0.454 e. The summed E-state index contributed by atoms with van der Waals surface area (Å²) in [5, 5.41) is 4.46. The van der Waals surface area contributed by atoms with Gasteiger partial charge < -0.3 is 8.98 Å². The van der Waals surface area contributed by atoms with Gasteiger partial charge in [-0.2, -0.15) is 0 Å². The predicted molar refractivity (Wildman–Crippen MR) is 180 cm³/mol. The fraction of sp³-hybridized carbons (Fsp3) is 0. The maximum absolute atomic E-state index is 6.68. The van der Waals surface area contributed by atoms with Gasteiger partial charge >= 0.3 is 0 Å². The molecule has 6 aromatic carbocycles. The number of furan rings is 1. The van der Waals surface area contributed by atoms with Crippen LogP contribution in [0.15, 0.2) is 156 Å². The number of aromatic nitrogens is 3. The first-order chi connectivity index (χ1) is 21.8. The molecule has 9 aromatic rings. The molecule has 0 amide bonds. The van der Waals surface area contributed by atoms with Gasteiger partial charge in [0.25, 0.3) is 0 Å². The molecule has 206 valence electrons. The standard InChI is InChI=1S/C40H25N3O/c1-4-14-26(15-5-1)35-38(36(27-16-6-2-7-17-27)42-40(41-35)28-18-8-3-9-19-28)43-33-22-12-10-20-29(33)31-24-25-32-30-21-11-13-23-34(30)44-39(32)37(31)43/h1-25H. The minimum absolute atomic E-state index is 0.682. The summed E-state index contributed by atoms with van der Waals surface area (Å²) in [6, 6.07) is 52.3. The molecule has 4 heteroatoms. The van der Waals surface area contributed by atoms with Gasteiger partial charge in [0.15, 0.2) is 11.4 Å². The average molecular weight is 564 g/mol. The highest BCUT2D eigenvalue weighted by Gasteiger charge is 2.26. The number of hydrogen-bond acceptors (Lipinski definition) is 3. The topological polar surface area (TPSA) is 43.9 Å². The van der Waals surface area contributed by atoms with E-state index >= 15 is 0 Å². The van der Waals surface area contributed by atoms with E-state index in [0.717, 1.165) is 77.5 Å². The summed E-state index contributed by atoms with van der Waals surface area (Å²) in [6.45, 7) is 0. The Balaban J connectivity index is 1.52. The van der Waals surface area contributed by atoms with Crippen molar-refractivity contribution in [2.75, 3.05) is 0 Å². The second kappa shape index (κ2) is 9.79. The Morgan fingerprint density at radius 3 is 1.61 bits per heavy atom. The van der Waals surface area contributed by atoms with Crippen molar-refractivity contribution in [3.8, 4) is 39.6 Å². The molecule has 0 fully saturated rings. The van der Waals surface area contributed by atoms with Crippen molar-refractivity contribution >= 4 is 43.7 Å². The Morgan fingerprint density at radius 1 is 0.432 bits per heavy atom. The molecule has 4 nitrogen and oxygen atoms in total. The first kappa shape index (κ1) is 24.6. The van der Waals surface area contributed by atoms with E-state index in [2.05, 4.69) is 114 Å². The fourth-order valence-corrected chi connectivity index (χ4v) is 6.44. The van der Waals surface area contributed by atoms with Crippen LogP contribution in [-0.4, -0.2) is 14.5 Å². The highest BCUT2D eigenvalue weighted by Crippen LogP contribution is 2.44. The molecular formula is C40H25N3O. The van der Waals surface area contributed by atoms with Gasteiger partial charge in [-0.25, -0.2) is 9.97 Å². The first-order valence-electron chi connectivity index (χ1n) is 14.8. The molecule has 0 aliphatic carbocycles.